The molecule has 74 valence electrons. The summed E-state index contributed by atoms with van der Waals surface area (Å²) in [6, 6.07) is 1.71. The highest BCUT2D eigenvalue weighted by Crippen LogP contribution is 2.25. The highest BCUT2D eigenvalue weighted by Gasteiger charge is 2.11. The maximum absolute atomic E-state index is 13.6. The summed E-state index contributed by atoms with van der Waals surface area (Å²) in [5.74, 6) is -0.301. The molecule has 0 spiro atoms. The molecule has 0 saturated carbocycles. The highest BCUT2D eigenvalue weighted by atomic mass is 79.9. The van der Waals surface area contributed by atoms with Gasteiger partial charge in [0.2, 0.25) is 6.08 Å². The lowest BCUT2D eigenvalue weighted by Crippen LogP contribution is -1.97. The van der Waals surface area contributed by atoms with Crippen molar-refractivity contribution in [1.82, 2.24) is 0 Å². The minimum atomic E-state index is -0.301. The van der Waals surface area contributed by atoms with E-state index in [1.807, 2.05) is 0 Å². The van der Waals surface area contributed by atoms with E-state index >= 15 is 0 Å². The van der Waals surface area contributed by atoms with Crippen LogP contribution in [0.4, 0.5) is 4.39 Å². The first kappa shape index (κ1) is 11.1. The predicted molar refractivity (Wildman–Crippen MR) is 55.4 cm³/mol. The van der Waals surface area contributed by atoms with Crippen molar-refractivity contribution in [1.29, 1.82) is 0 Å². The van der Waals surface area contributed by atoms with E-state index in [1.54, 1.807) is 19.9 Å². The van der Waals surface area contributed by atoms with Gasteiger partial charge in [0.1, 0.15) is 5.82 Å². The third kappa shape index (κ3) is 2.08. The van der Waals surface area contributed by atoms with E-state index in [-0.39, 0.29) is 12.4 Å². The number of carbonyl (C=O) groups excluding carboxylic acids is 1. The first-order chi connectivity index (χ1) is 6.57. The number of rotatable bonds is 2. The zero-order valence-electron chi connectivity index (χ0n) is 7.90. The summed E-state index contributed by atoms with van der Waals surface area (Å²) in [6.07, 6.45) is 1.40. The number of aliphatic imine (C=N–C) groups is 1. The van der Waals surface area contributed by atoms with Crippen molar-refractivity contribution in [2.24, 2.45) is 4.99 Å². The molecule has 0 atom stereocenters. The molecule has 0 fully saturated rings. The summed E-state index contributed by atoms with van der Waals surface area (Å²) >= 11 is 3.32. The zero-order valence-corrected chi connectivity index (χ0v) is 9.48. The van der Waals surface area contributed by atoms with Crippen LogP contribution in [-0.4, -0.2) is 6.08 Å². The van der Waals surface area contributed by atoms with E-state index in [0.29, 0.717) is 11.1 Å². The summed E-state index contributed by atoms with van der Waals surface area (Å²) in [5.41, 5.74) is 1.76. The predicted octanol–water partition coefficient (Wildman–Crippen LogP) is 3.04. The van der Waals surface area contributed by atoms with Crippen molar-refractivity contribution in [3.05, 3.63) is 33.0 Å². The lowest BCUT2D eigenvalue weighted by atomic mass is 10.0. The molecule has 1 aromatic rings. The number of nitrogens with zero attached hydrogens (tertiary/aromatic N) is 1. The molecule has 0 bridgehead atoms. The van der Waals surface area contributed by atoms with Crippen LogP contribution in [-0.2, 0) is 11.3 Å². The lowest BCUT2D eigenvalue weighted by Gasteiger charge is -2.08. The second-order valence-corrected chi connectivity index (χ2v) is 3.85. The van der Waals surface area contributed by atoms with Gasteiger partial charge in [0.25, 0.3) is 0 Å². The minimum absolute atomic E-state index is 0.0431. The van der Waals surface area contributed by atoms with Crippen molar-refractivity contribution in [3.63, 3.8) is 0 Å². The third-order valence-electron chi connectivity index (χ3n) is 2.07. The molecule has 0 amide bonds. The Labute approximate surface area is 90.0 Å². The van der Waals surface area contributed by atoms with Crippen LogP contribution in [0.1, 0.15) is 16.7 Å². The van der Waals surface area contributed by atoms with Crippen molar-refractivity contribution in [2.45, 2.75) is 20.4 Å². The molecule has 0 aliphatic carbocycles. The lowest BCUT2D eigenvalue weighted by molar-refractivity contribution is 0.561. The van der Waals surface area contributed by atoms with E-state index in [9.17, 15) is 9.18 Å². The molecule has 0 aromatic heterocycles. The number of hydrogen-bond acceptors (Lipinski definition) is 2. The smallest absolute Gasteiger partial charge is 0.211 e. The van der Waals surface area contributed by atoms with Crippen LogP contribution in [0.2, 0.25) is 0 Å². The highest BCUT2D eigenvalue weighted by molar-refractivity contribution is 9.10. The third-order valence-corrected chi connectivity index (χ3v) is 2.89. The molecule has 4 heteroatoms. The number of isocyanates is 1. The monoisotopic (exact) mass is 257 g/mol. The second-order valence-electron chi connectivity index (χ2n) is 3.00. The number of aryl methyl sites for hydroxylation is 1. The van der Waals surface area contributed by atoms with Gasteiger partial charge >= 0.3 is 0 Å². The molecule has 0 heterocycles. The quantitative estimate of drug-likeness (QED) is 0.592. The maximum Gasteiger partial charge on any atom is 0.235 e. The van der Waals surface area contributed by atoms with Gasteiger partial charge < -0.3 is 0 Å². The summed E-state index contributed by atoms with van der Waals surface area (Å²) in [7, 11) is 0. The van der Waals surface area contributed by atoms with Gasteiger partial charge in [0.15, 0.2) is 0 Å². The zero-order chi connectivity index (χ0) is 10.7. The minimum Gasteiger partial charge on any atom is -0.211 e. The van der Waals surface area contributed by atoms with Gasteiger partial charge in [-0.15, -0.1) is 0 Å². The fourth-order valence-electron chi connectivity index (χ4n) is 1.21. The molecular formula is C10H9BrFNO. The normalized spacial score (nSPS) is 9.71. The molecule has 0 aliphatic rings. The molecule has 0 saturated heterocycles. The van der Waals surface area contributed by atoms with Crippen LogP contribution in [0.5, 0.6) is 0 Å². The topological polar surface area (TPSA) is 29.4 Å². The van der Waals surface area contributed by atoms with E-state index in [4.69, 9.17) is 0 Å². The largest absolute Gasteiger partial charge is 0.235 e. The van der Waals surface area contributed by atoms with Gasteiger partial charge in [-0.05, 0) is 31.0 Å². The van der Waals surface area contributed by atoms with Crippen molar-refractivity contribution in [2.75, 3.05) is 0 Å². The Balaban J connectivity index is 3.31. The first-order valence-corrected chi connectivity index (χ1v) is 4.85. The Morgan fingerprint density at radius 2 is 2.21 bits per heavy atom. The van der Waals surface area contributed by atoms with Gasteiger partial charge in [-0.25, -0.2) is 14.2 Å². The molecular weight excluding hydrogens is 249 g/mol. The standard InChI is InChI=1S/C10H9BrFNO/c1-6-3-9(11)7(2)8(10(6)12)4-13-5-14/h3H,4H2,1-2H3. The van der Waals surface area contributed by atoms with Crippen LogP contribution in [0.25, 0.3) is 0 Å². The van der Waals surface area contributed by atoms with E-state index in [1.165, 1.54) is 6.08 Å². The Morgan fingerprint density at radius 1 is 1.57 bits per heavy atom. The second kappa shape index (κ2) is 4.49. The molecule has 0 radical (unpaired) electrons. The molecule has 2 nitrogen and oxygen atoms in total. The molecule has 0 unspecified atom stereocenters. The summed E-state index contributed by atoms with van der Waals surface area (Å²) < 4.78 is 14.4. The number of benzene rings is 1. The van der Waals surface area contributed by atoms with Gasteiger partial charge in [-0.3, -0.25) is 0 Å². The fraction of sp³-hybridized carbons (Fsp3) is 0.300. The van der Waals surface area contributed by atoms with Crippen LogP contribution in [0.15, 0.2) is 15.5 Å². The fourth-order valence-corrected chi connectivity index (χ4v) is 1.79. The summed E-state index contributed by atoms with van der Waals surface area (Å²) in [5, 5.41) is 0. The van der Waals surface area contributed by atoms with Crippen LogP contribution >= 0.6 is 15.9 Å². The molecule has 0 aliphatic heterocycles. The van der Waals surface area contributed by atoms with Gasteiger partial charge in [-0.1, -0.05) is 15.9 Å². The van der Waals surface area contributed by atoms with Crippen LogP contribution in [0, 0.1) is 19.7 Å². The average molecular weight is 258 g/mol. The van der Waals surface area contributed by atoms with Gasteiger partial charge in [0.05, 0.1) is 6.54 Å². The summed E-state index contributed by atoms with van der Waals surface area (Å²) in [6.45, 7) is 3.50. The Morgan fingerprint density at radius 3 is 2.79 bits per heavy atom. The SMILES string of the molecule is Cc1cc(Br)c(C)c(CN=C=O)c1F. The van der Waals surface area contributed by atoms with Gasteiger partial charge in [-0.2, -0.15) is 0 Å². The van der Waals surface area contributed by atoms with E-state index < -0.39 is 0 Å². The average Bonchev–Trinajstić information content (AvgIpc) is 2.15. The molecule has 14 heavy (non-hydrogen) atoms. The molecule has 1 aromatic carbocycles. The van der Waals surface area contributed by atoms with Gasteiger partial charge in [0, 0.05) is 10.0 Å². The molecule has 0 N–H and O–H groups in total. The number of hydrogen-bond donors (Lipinski definition) is 0. The summed E-state index contributed by atoms with van der Waals surface area (Å²) in [4.78, 5) is 13.3. The van der Waals surface area contributed by atoms with Crippen molar-refractivity contribution in [3.8, 4) is 0 Å². The molecule has 1 rings (SSSR count). The van der Waals surface area contributed by atoms with Crippen LogP contribution in [0.3, 0.4) is 0 Å². The first-order valence-electron chi connectivity index (χ1n) is 4.05. The maximum atomic E-state index is 13.6. The van der Waals surface area contributed by atoms with Crippen LogP contribution < -0.4 is 0 Å². The van der Waals surface area contributed by atoms with E-state index in [0.717, 1.165) is 10.0 Å². The van der Waals surface area contributed by atoms with E-state index in [2.05, 4.69) is 20.9 Å². The van der Waals surface area contributed by atoms with Crippen molar-refractivity contribution >= 4 is 22.0 Å². The van der Waals surface area contributed by atoms with Crippen molar-refractivity contribution < 1.29 is 9.18 Å². The Hall–Kier alpha value is -0.990. The Bertz CT molecular complexity index is 385. The number of halogens is 2. The Kier molecular flexibility index (Phi) is 3.55.